The Kier molecular flexibility index (Phi) is 76.9. The molecule has 0 amide bonds. The van der Waals surface area contributed by atoms with Gasteiger partial charge in [0, 0.05) is 25.7 Å². The van der Waals surface area contributed by atoms with Crippen molar-refractivity contribution in [1.29, 1.82) is 0 Å². The molecule has 0 aliphatic rings. The van der Waals surface area contributed by atoms with Gasteiger partial charge in [0.1, 0.15) is 19.3 Å². The van der Waals surface area contributed by atoms with Crippen LogP contribution in [0.5, 0.6) is 0 Å². The van der Waals surface area contributed by atoms with E-state index < -0.39 is 97.5 Å². The van der Waals surface area contributed by atoms with Gasteiger partial charge in [-0.25, -0.2) is 9.13 Å². The molecule has 4 unspecified atom stereocenters. The summed E-state index contributed by atoms with van der Waals surface area (Å²) in [6, 6.07) is 0. The Balaban J connectivity index is 5.24. The van der Waals surface area contributed by atoms with Gasteiger partial charge in [-0.1, -0.05) is 414 Å². The largest absolute Gasteiger partial charge is 0.472 e. The maximum atomic E-state index is 13.2. The van der Waals surface area contributed by atoms with Gasteiger partial charge < -0.3 is 33.8 Å². The van der Waals surface area contributed by atoms with Crippen LogP contribution in [0.15, 0.2) is 0 Å². The van der Waals surface area contributed by atoms with Gasteiger partial charge >= 0.3 is 39.5 Å². The summed E-state index contributed by atoms with van der Waals surface area (Å²) in [6.07, 6.45) is 70.6. The van der Waals surface area contributed by atoms with Gasteiger partial charge in [0.15, 0.2) is 12.2 Å². The number of carbonyl (C=O) groups excluding carboxylic acids is 4. The lowest BCUT2D eigenvalue weighted by Crippen LogP contribution is -2.30. The summed E-state index contributed by atoms with van der Waals surface area (Å²) >= 11 is 0. The summed E-state index contributed by atoms with van der Waals surface area (Å²) in [5.74, 6) is -0.378. The van der Waals surface area contributed by atoms with Crippen molar-refractivity contribution in [3.05, 3.63) is 0 Å². The highest BCUT2D eigenvalue weighted by Gasteiger charge is 2.30. The average Bonchev–Trinajstić information content (AvgIpc) is 1.03. The zero-order valence-corrected chi connectivity index (χ0v) is 71.5. The minimum Gasteiger partial charge on any atom is -0.462 e. The van der Waals surface area contributed by atoms with Gasteiger partial charge in [-0.3, -0.25) is 37.3 Å². The minimum absolute atomic E-state index is 0.109. The smallest absolute Gasteiger partial charge is 0.462 e. The molecule has 0 spiro atoms. The lowest BCUT2D eigenvalue weighted by atomic mass is 9.99. The average molecular weight is 1550 g/mol. The van der Waals surface area contributed by atoms with Gasteiger partial charge in [0.2, 0.25) is 0 Å². The fourth-order valence-corrected chi connectivity index (χ4v) is 15.1. The minimum atomic E-state index is -4.97. The van der Waals surface area contributed by atoms with Crippen LogP contribution < -0.4 is 0 Å². The topological polar surface area (TPSA) is 237 Å². The number of carbonyl (C=O) groups is 4. The van der Waals surface area contributed by atoms with Crippen LogP contribution in [-0.4, -0.2) is 96.7 Å². The summed E-state index contributed by atoms with van der Waals surface area (Å²) < 4.78 is 68.9. The SMILES string of the molecule is CCCCCCCCCCCCCCCCCC(=O)O[C@H](COC(=O)CCCCCCCCCCCCC)COP(=O)(O)OC[C@H](O)COP(=O)(O)OC[C@@H](COC(=O)CCCCCCCCCCCCCCCCC(C)CC)OC(=O)CCCCCCCCCCCCCCCCCCCCC(C)CC. The molecule has 0 saturated heterocycles. The molecule has 0 aromatic carbocycles. The monoisotopic (exact) mass is 1550 g/mol. The highest BCUT2D eigenvalue weighted by atomic mass is 31.2. The maximum absolute atomic E-state index is 13.2. The number of hydrogen-bond acceptors (Lipinski definition) is 15. The molecule has 0 bridgehead atoms. The van der Waals surface area contributed by atoms with Crippen LogP contribution in [0.1, 0.15) is 465 Å². The summed E-state index contributed by atoms with van der Waals surface area (Å²) in [4.78, 5) is 73.3. The summed E-state index contributed by atoms with van der Waals surface area (Å²) in [5, 5.41) is 10.7. The third kappa shape index (κ3) is 77.4. The molecule has 106 heavy (non-hydrogen) atoms. The zero-order chi connectivity index (χ0) is 77.8. The Morgan fingerprint density at radius 2 is 0.453 bits per heavy atom. The number of aliphatic hydroxyl groups excluding tert-OH is 1. The predicted molar refractivity (Wildman–Crippen MR) is 437 cm³/mol. The zero-order valence-electron chi connectivity index (χ0n) is 69.7. The van der Waals surface area contributed by atoms with E-state index in [1.54, 1.807) is 0 Å². The first-order chi connectivity index (χ1) is 51.4. The van der Waals surface area contributed by atoms with Gasteiger partial charge in [-0.2, -0.15) is 0 Å². The molecule has 7 atom stereocenters. The third-order valence-electron chi connectivity index (χ3n) is 21.2. The van der Waals surface area contributed by atoms with E-state index in [0.717, 1.165) is 102 Å². The Hall–Kier alpha value is -1.94. The van der Waals surface area contributed by atoms with Gasteiger partial charge in [0.25, 0.3) is 0 Å². The molecule has 3 N–H and O–H groups in total. The van der Waals surface area contributed by atoms with Crippen molar-refractivity contribution in [2.75, 3.05) is 39.6 Å². The summed E-state index contributed by atoms with van der Waals surface area (Å²) in [7, 11) is -9.93. The molecule has 0 aromatic rings. The van der Waals surface area contributed by atoms with Gasteiger partial charge in [-0.05, 0) is 37.5 Å². The van der Waals surface area contributed by atoms with Gasteiger partial charge in [0.05, 0.1) is 26.4 Å². The first-order valence-corrected chi connectivity index (χ1v) is 48.1. The fraction of sp³-hybridized carbons (Fsp3) is 0.954. The molecule has 0 saturated carbocycles. The van der Waals surface area contributed by atoms with Crippen molar-refractivity contribution >= 4 is 39.5 Å². The van der Waals surface area contributed by atoms with Crippen LogP contribution in [0.25, 0.3) is 0 Å². The molecule has 0 fully saturated rings. The Bertz CT molecular complexity index is 2030. The molecule has 0 rings (SSSR count). The van der Waals surface area contributed by atoms with E-state index in [9.17, 15) is 43.2 Å². The molecular weight excluding hydrogens is 1380 g/mol. The molecule has 0 aliphatic heterocycles. The number of aliphatic hydroxyl groups is 1. The number of esters is 4. The van der Waals surface area contributed by atoms with Crippen LogP contribution in [0.3, 0.4) is 0 Å². The Morgan fingerprint density at radius 3 is 0.670 bits per heavy atom. The van der Waals surface area contributed by atoms with Crippen LogP contribution in [0.2, 0.25) is 0 Å². The normalized spacial score (nSPS) is 14.3. The van der Waals surface area contributed by atoms with Crippen LogP contribution in [-0.2, 0) is 65.4 Å². The molecule has 0 aromatic heterocycles. The van der Waals surface area contributed by atoms with Crippen LogP contribution in [0.4, 0.5) is 0 Å². The van der Waals surface area contributed by atoms with Crippen molar-refractivity contribution in [3.63, 3.8) is 0 Å². The first kappa shape index (κ1) is 104. The quantitative estimate of drug-likeness (QED) is 0.0222. The number of ether oxygens (including phenoxy) is 4. The number of phosphoric acid groups is 2. The van der Waals surface area contributed by atoms with Crippen molar-refractivity contribution in [2.45, 2.75) is 484 Å². The molecule has 17 nitrogen and oxygen atoms in total. The second kappa shape index (κ2) is 78.3. The fourth-order valence-electron chi connectivity index (χ4n) is 13.5. The first-order valence-electron chi connectivity index (χ1n) is 45.1. The molecule has 0 aliphatic carbocycles. The van der Waals surface area contributed by atoms with E-state index in [-0.39, 0.29) is 25.7 Å². The summed E-state index contributed by atoms with van der Waals surface area (Å²) in [5.41, 5.74) is 0. The standard InChI is InChI=1S/C87H170O17P2/c1-7-11-13-15-17-19-21-22-27-35-41-47-53-59-65-71-86(91)103-82(75-97-84(89)69-63-57-51-45-37-20-18-16-14-12-8-2)77-101-105(93,94)99-73-81(88)74-100-106(95,96)102-78-83(76-98-85(90)70-64-58-52-46-40-34-31-30-33-39-44-50-56-62-68-80(6)10-4)104-87(92)72-66-60-54-48-42-36-29-26-24-23-25-28-32-38-43-49-55-61-67-79(5)9-3/h79-83,88H,7-78H2,1-6H3,(H,93,94)(H,95,96)/t79?,80?,81-,82+,83+/m0/s1. The number of unbranched alkanes of at least 4 members (excludes halogenated alkanes) is 54. The van der Waals surface area contributed by atoms with Crippen LogP contribution >= 0.6 is 15.6 Å². The van der Waals surface area contributed by atoms with Crippen LogP contribution in [0, 0.1) is 11.8 Å². The number of phosphoric ester groups is 2. The van der Waals surface area contributed by atoms with Crippen molar-refractivity contribution < 1.29 is 80.2 Å². The second-order valence-electron chi connectivity index (χ2n) is 31.8. The molecular formula is C87H170O17P2. The van der Waals surface area contributed by atoms with E-state index in [1.807, 2.05) is 0 Å². The Morgan fingerprint density at radius 1 is 0.264 bits per heavy atom. The number of hydrogen-bond donors (Lipinski definition) is 3. The highest BCUT2D eigenvalue weighted by molar-refractivity contribution is 7.47. The van der Waals surface area contributed by atoms with Gasteiger partial charge in [-0.15, -0.1) is 0 Å². The highest BCUT2D eigenvalue weighted by Crippen LogP contribution is 2.45. The number of rotatable bonds is 86. The molecule has 0 heterocycles. The van der Waals surface area contributed by atoms with E-state index in [0.29, 0.717) is 25.7 Å². The maximum Gasteiger partial charge on any atom is 0.472 e. The van der Waals surface area contributed by atoms with E-state index >= 15 is 0 Å². The van der Waals surface area contributed by atoms with Crippen molar-refractivity contribution in [2.24, 2.45) is 11.8 Å². The lowest BCUT2D eigenvalue weighted by Gasteiger charge is -2.21. The molecule has 630 valence electrons. The lowest BCUT2D eigenvalue weighted by molar-refractivity contribution is -0.161. The Labute approximate surface area is 651 Å². The third-order valence-corrected chi connectivity index (χ3v) is 23.1. The van der Waals surface area contributed by atoms with Crippen molar-refractivity contribution in [1.82, 2.24) is 0 Å². The van der Waals surface area contributed by atoms with Crippen molar-refractivity contribution in [3.8, 4) is 0 Å². The molecule has 19 heteroatoms. The van der Waals surface area contributed by atoms with E-state index in [4.69, 9.17) is 37.0 Å². The molecule has 0 radical (unpaired) electrons. The summed E-state index contributed by atoms with van der Waals surface area (Å²) in [6.45, 7) is 9.80. The second-order valence-corrected chi connectivity index (χ2v) is 34.7. The van der Waals surface area contributed by atoms with E-state index in [1.165, 1.54) is 283 Å². The predicted octanol–water partition coefficient (Wildman–Crippen LogP) is 26.6. The van der Waals surface area contributed by atoms with E-state index in [2.05, 4.69) is 41.5 Å².